The van der Waals surface area contributed by atoms with E-state index in [2.05, 4.69) is 6.07 Å². The molecule has 108 valence electrons. The molecule has 3 heteroatoms. The van der Waals surface area contributed by atoms with Gasteiger partial charge in [0.25, 0.3) is 0 Å². The monoisotopic (exact) mass is 273 g/mol. The molecule has 0 spiro atoms. The van der Waals surface area contributed by atoms with Crippen LogP contribution in [0.5, 0.6) is 5.75 Å². The van der Waals surface area contributed by atoms with Gasteiger partial charge >= 0.3 is 0 Å². The third-order valence-electron chi connectivity index (χ3n) is 3.68. The number of hydrogen-bond donors (Lipinski definition) is 0. The van der Waals surface area contributed by atoms with Gasteiger partial charge in [-0.2, -0.15) is 5.26 Å². The first-order valence-electron chi connectivity index (χ1n) is 7.63. The molecule has 1 aliphatic carbocycles. The van der Waals surface area contributed by atoms with Crippen LogP contribution in [-0.2, 0) is 4.74 Å². The van der Waals surface area contributed by atoms with Crippen molar-refractivity contribution in [2.75, 3.05) is 13.2 Å². The molecule has 1 aromatic rings. The maximum absolute atomic E-state index is 8.81. The van der Waals surface area contributed by atoms with Crippen molar-refractivity contribution in [3.05, 3.63) is 29.8 Å². The molecule has 0 N–H and O–H groups in total. The molecule has 0 bridgehead atoms. The van der Waals surface area contributed by atoms with Gasteiger partial charge in [0.2, 0.25) is 0 Å². The lowest BCUT2D eigenvalue weighted by atomic mass is 10.1. The second-order valence-electron chi connectivity index (χ2n) is 5.33. The van der Waals surface area contributed by atoms with E-state index in [-0.39, 0.29) is 0 Å². The van der Waals surface area contributed by atoms with Crippen molar-refractivity contribution in [3.63, 3.8) is 0 Å². The van der Waals surface area contributed by atoms with Crippen molar-refractivity contribution in [3.8, 4) is 11.8 Å². The highest BCUT2D eigenvalue weighted by molar-refractivity contribution is 5.36. The van der Waals surface area contributed by atoms with E-state index in [1.54, 1.807) is 12.1 Å². The molecule has 0 saturated heterocycles. The Morgan fingerprint density at radius 1 is 1.10 bits per heavy atom. The number of hydrogen-bond acceptors (Lipinski definition) is 3. The zero-order valence-corrected chi connectivity index (χ0v) is 12.0. The Morgan fingerprint density at radius 3 is 2.65 bits per heavy atom. The van der Waals surface area contributed by atoms with Crippen LogP contribution in [0, 0.1) is 11.3 Å². The smallest absolute Gasteiger partial charge is 0.120 e. The highest BCUT2D eigenvalue weighted by atomic mass is 16.5. The fourth-order valence-corrected chi connectivity index (χ4v) is 2.56. The normalized spacial score (nSPS) is 16.4. The summed E-state index contributed by atoms with van der Waals surface area (Å²) >= 11 is 0. The van der Waals surface area contributed by atoms with Gasteiger partial charge in [0.1, 0.15) is 5.75 Å². The second kappa shape index (κ2) is 8.60. The molecule has 0 aromatic heterocycles. The van der Waals surface area contributed by atoms with E-state index >= 15 is 0 Å². The van der Waals surface area contributed by atoms with Gasteiger partial charge in [-0.3, -0.25) is 0 Å². The molecule has 0 unspecified atom stereocenters. The maximum Gasteiger partial charge on any atom is 0.120 e. The lowest BCUT2D eigenvalue weighted by molar-refractivity contribution is 0.0364. The van der Waals surface area contributed by atoms with Crippen LogP contribution < -0.4 is 4.74 Å². The number of ether oxygens (including phenoxy) is 2. The molecular weight excluding hydrogens is 250 g/mol. The number of benzene rings is 1. The number of rotatable bonds is 6. The van der Waals surface area contributed by atoms with Gasteiger partial charge in [0.15, 0.2) is 0 Å². The first-order chi connectivity index (χ1) is 9.88. The topological polar surface area (TPSA) is 42.2 Å². The first kappa shape index (κ1) is 14.9. The van der Waals surface area contributed by atoms with Gasteiger partial charge in [0, 0.05) is 6.42 Å². The van der Waals surface area contributed by atoms with Gasteiger partial charge in [-0.25, -0.2) is 0 Å². The molecule has 0 radical (unpaired) electrons. The van der Waals surface area contributed by atoms with Crippen LogP contribution in [0.25, 0.3) is 0 Å². The summed E-state index contributed by atoms with van der Waals surface area (Å²) in [7, 11) is 0. The van der Waals surface area contributed by atoms with Crippen molar-refractivity contribution in [1.82, 2.24) is 0 Å². The highest BCUT2D eigenvalue weighted by Gasteiger charge is 2.11. The predicted octanol–water partition coefficient (Wildman–Crippen LogP) is 4.07. The third kappa shape index (κ3) is 5.22. The Bertz CT molecular complexity index is 431. The van der Waals surface area contributed by atoms with Gasteiger partial charge in [-0.05, 0) is 31.0 Å². The van der Waals surface area contributed by atoms with Crippen molar-refractivity contribution in [2.45, 2.75) is 51.0 Å². The van der Waals surface area contributed by atoms with Crippen molar-refractivity contribution in [2.24, 2.45) is 0 Å². The summed E-state index contributed by atoms with van der Waals surface area (Å²) in [6, 6.07) is 9.39. The molecule has 2 rings (SSSR count). The summed E-state index contributed by atoms with van der Waals surface area (Å²) in [4.78, 5) is 0. The molecule has 1 aromatic carbocycles. The molecule has 3 nitrogen and oxygen atoms in total. The van der Waals surface area contributed by atoms with Crippen molar-refractivity contribution in [1.29, 1.82) is 5.26 Å². The molecule has 0 heterocycles. The summed E-state index contributed by atoms with van der Waals surface area (Å²) in [6.07, 6.45) is 9.11. The van der Waals surface area contributed by atoms with Crippen molar-refractivity contribution >= 4 is 0 Å². The zero-order chi connectivity index (χ0) is 14.0. The standard InChI is InChI=1S/C17H23NO2/c18-14-15-7-5-10-17(13-15)20-12-6-11-19-16-8-3-1-2-4-9-16/h5,7,10,13,16H,1-4,6,8-9,11-12H2. The third-order valence-corrected chi connectivity index (χ3v) is 3.68. The second-order valence-corrected chi connectivity index (χ2v) is 5.33. The zero-order valence-electron chi connectivity index (χ0n) is 12.0. The fourth-order valence-electron chi connectivity index (χ4n) is 2.56. The van der Waals surface area contributed by atoms with Crippen LogP contribution in [0.2, 0.25) is 0 Å². The summed E-state index contributed by atoms with van der Waals surface area (Å²) in [5, 5.41) is 8.81. The molecule has 0 amide bonds. The number of nitrogens with zero attached hydrogens (tertiary/aromatic N) is 1. The van der Waals surface area contributed by atoms with E-state index in [0.29, 0.717) is 18.3 Å². The van der Waals surface area contributed by atoms with Crippen LogP contribution in [0.15, 0.2) is 24.3 Å². The summed E-state index contributed by atoms with van der Waals surface area (Å²) < 4.78 is 11.5. The van der Waals surface area contributed by atoms with E-state index in [9.17, 15) is 0 Å². The molecule has 20 heavy (non-hydrogen) atoms. The maximum atomic E-state index is 8.81. The lowest BCUT2D eigenvalue weighted by Gasteiger charge is -2.15. The Labute approximate surface area is 121 Å². The van der Waals surface area contributed by atoms with E-state index in [1.807, 2.05) is 12.1 Å². The Balaban J connectivity index is 1.60. The van der Waals surface area contributed by atoms with Crippen LogP contribution in [0.3, 0.4) is 0 Å². The van der Waals surface area contributed by atoms with Crippen LogP contribution in [0.4, 0.5) is 0 Å². The minimum atomic E-state index is 0.458. The average Bonchev–Trinajstić information content (AvgIpc) is 2.76. The summed E-state index contributed by atoms with van der Waals surface area (Å²) in [6.45, 7) is 1.41. The largest absolute Gasteiger partial charge is 0.493 e. The van der Waals surface area contributed by atoms with Gasteiger partial charge in [0.05, 0.1) is 31.0 Å². The fraction of sp³-hybridized carbons (Fsp3) is 0.588. The van der Waals surface area contributed by atoms with Gasteiger partial charge in [-0.15, -0.1) is 0 Å². The minimum absolute atomic E-state index is 0.458. The van der Waals surface area contributed by atoms with Crippen LogP contribution >= 0.6 is 0 Å². The molecule has 1 saturated carbocycles. The SMILES string of the molecule is N#Cc1cccc(OCCCOC2CCCCCC2)c1. The van der Waals surface area contributed by atoms with Crippen LogP contribution in [0.1, 0.15) is 50.5 Å². The quantitative estimate of drug-likeness (QED) is 0.579. The van der Waals surface area contributed by atoms with Crippen LogP contribution in [-0.4, -0.2) is 19.3 Å². The Hall–Kier alpha value is -1.53. The van der Waals surface area contributed by atoms with Gasteiger partial charge in [-0.1, -0.05) is 31.7 Å². The van der Waals surface area contributed by atoms with E-state index in [1.165, 1.54) is 38.5 Å². The predicted molar refractivity (Wildman–Crippen MR) is 78.7 cm³/mol. The summed E-state index contributed by atoms with van der Waals surface area (Å²) in [5.41, 5.74) is 0.636. The molecule has 1 fully saturated rings. The molecular formula is C17H23NO2. The molecule has 0 aliphatic heterocycles. The Morgan fingerprint density at radius 2 is 1.90 bits per heavy atom. The Kier molecular flexibility index (Phi) is 6.40. The minimum Gasteiger partial charge on any atom is -0.493 e. The van der Waals surface area contributed by atoms with Crippen molar-refractivity contribution < 1.29 is 9.47 Å². The van der Waals surface area contributed by atoms with E-state index < -0.39 is 0 Å². The first-order valence-corrected chi connectivity index (χ1v) is 7.63. The van der Waals surface area contributed by atoms with Gasteiger partial charge < -0.3 is 9.47 Å². The van der Waals surface area contributed by atoms with E-state index in [0.717, 1.165) is 18.8 Å². The van der Waals surface area contributed by atoms with E-state index in [4.69, 9.17) is 14.7 Å². The molecule has 1 aliphatic rings. The molecule has 0 atom stereocenters. The lowest BCUT2D eigenvalue weighted by Crippen LogP contribution is -2.14. The average molecular weight is 273 g/mol. The highest BCUT2D eigenvalue weighted by Crippen LogP contribution is 2.20. The summed E-state index contributed by atoms with van der Waals surface area (Å²) in [5.74, 6) is 0.763. The number of nitriles is 1.